The summed E-state index contributed by atoms with van der Waals surface area (Å²) in [5.41, 5.74) is 1.86. The van der Waals surface area contributed by atoms with Crippen LogP contribution < -0.4 is 31.6 Å². The first-order valence-electron chi connectivity index (χ1n) is 6.67. The molecule has 0 fully saturated rings. The van der Waals surface area contributed by atoms with Crippen LogP contribution in [0.3, 0.4) is 0 Å². The zero-order valence-electron chi connectivity index (χ0n) is 12.5. The highest BCUT2D eigenvalue weighted by Gasteiger charge is 2.08. The Balaban J connectivity index is 0.00000242. The summed E-state index contributed by atoms with van der Waals surface area (Å²) in [5.74, 6) is 0.536. The number of anilines is 1. The fraction of sp³-hybridized carbons (Fsp3) is 0.250. The summed E-state index contributed by atoms with van der Waals surface area (Å²) < 4.78 is 7.05. The lowest BCUT2D eigenvalue weighted by Gasteiger charge is -2.07. The minimum absolute atomic E-state index is 0. The van der Waals surface area contributed by atoms with Crippen molar-refractivity contribution in [2.75, 3.05) is 12.4 Å². The number of aryl methyl sites for hydroxylation is 2. The van der Waals surface area contributed by atoms with Crippen molar-refractivity contribution in [2.24, 2.45) is 0 Å². The Morgan fingerprint density at radius 1 is 1.27 bits per heavy atom. The van der Waals surface area contributed by atoms with Crippen molar-refractivity contribution in [3.8, 4) is 5.75 Å². The number of nitrogens with one attached hydrogen (secondary N) is 1. The van der Waals surface area contributed by atoms with Gasteiger partial charge in [-0.3, -0.25) is 4.79 Å². The van der Waals surface area contributed by atoms with Gasteiger partial charge in [-0.25, -0.2) is 4.57 Å². The average molecular weight is 386 g/mol. The minimum atomic E-state index is -0.0516. The molecule has 0 aliphatic carbocycles. The highest BCUT2D eigenvalue weighted by atomic mass is 79.9. The van der Waals surface area contributed by atoms with Crippen LogP contribution in [0.25, 0.3) is 0 Å². The van der Waals surface area contributed by atoms with Crippen molar-refractivity contribution in [1.29, 1.82) is 0 Å². The topological polar surface area (TPSA) is 42.2 Å². The van der Waals surface area contributed by atoms with Crippen LogP contribution in [0.2, 0.25) is 5.02 Å². The number of pyridine rings is 1. The van der Waals surface area contributed by atoms with E-state index in [9.17, 15) is 4.79 Å². The van der Waals surface area contributed by atoms with E-state index in [-0.39, 0.29) is 22.9 Å². The van der Waals surface area contributed by atoms with Crippen LogP contribution in [-0.4, -0.2) is 13.0 Å². The van der Waals surface area contributed by atoms with Gasteiger partial charge in [0.05, 0.1) is 18.6 Å². The van der Waals surface area contributed by atoms with E-state index in [4.69, 9.17) is 16.3 Å². The van der Waals surface area contributed by atoms with Gasteiger partial charge in [-0.1, -0.05) is 11.6 Å². The molecule has 4 nitrogen and oxygen atoms in total. The summed E-state index contributed by atoms with van der Waals surface area (Å²) in [7, 11) is 1.55. The van der Waals surface area contributed by atoms with E-state index < -0.39 is 0 Å². The molecular formula is C16H18BrClN2O2. The number of hydrogen-bond acceptors (Lipinski definition) is 2. The first kappa shape index (κ1) is 18.5. The molecule has 1 aromatic carbocycles. The number of carbonyl (C=O) groups is 1. The first-order valence-corrected chi connectivity index (χ1v) is 7.05. The van der Waals surface area contributed by atoms with E-state index in [0.29, 0.717) is 29.4 Å². The molecule has 0 bridgehead atoms. The molecule has 2 rings (SSSR count). The Kier molecular flexibility index (Phi) is 7.35. The van der Waals surface area contributed by atoms with Crippen molar-refractivity contribution >= 4 is 23.2 Å². The summed E-state index contributed by atoms with van der Waals surface area (Å²) in [6.07, 6.45) is 4.33. The monoisotopic (exact) mass is 384 g/mol. The molecule has 0 radical (unpaired) electrons. The van der Waals surface area contributed by atoms with Crippen molar-refractivity contribution in [3.05, 3.63) is 53.3 Å². The van der Waals surface area contributed by atoms with Gasteiger partial charge in [0.1, 0.15) is 5.75 Å². The summed E-state index contributed by atoms with van der Waals surface area (Å²) >= 11 is 6.02. The summed E-state index contributed by atoms with van der Waals surface area (Å²) in [6, 6.07) is 9.20. The van der Waals surface area contributed by atoms with Crippen LogP contribution in [0.5, 0.6) is 5.75 Å². The normalized spacial score (nSPS) is 9.77. The number of aromatic nitrogens is 1. The Hall–Kier alpha value is -1.59. The van der Waals surface area contributed by atoms with Gasteiger partial charge in [-0.2, -0.15) is 0 Å². The van der Waals surface area contributed by atoms with Crippen LogP contribution in [0.1, 0.15) is 12.0 Å². The van der Waals surface area contributed by atoms with Gasteiger partial charge in [0.2, 0.25) is 5.91 Å². The molecule has 1 heterocycles. The largest absolute Gasteiger partial charge is 1.00 e. The molecule has 0 spiro atoms. The number of benzene rings is 1. The maximum absolute atomic E-state index is 11.9. The smallest absolute Gasteiger partial charge is 0.230 e. The number of hydrogen-bond donors (Lipinski definition) is 1. The standard InChI is InChI=1S/C16H17ClN2O2.BrH/c1-12-5-8-19(9-6-12)10-7-16(20)18-13-3-4-15(21-2)14(17)11-13;/h3-6,8-9,11H,7,10H2,1-2H3;1H. The van der Waals surface area contributed by atoms with E-state index in [1.807, 2.05) is 36.0 Å². The Morgan fingerprint density at radius 3 is 2.55 bits per heavy atom. The van der Waals surface area contributed by atoms with Crippen molar-refractivity contribution < 1.29 is 31.1 Å². The van der Waals surface area contributed by atoms with E-state index in [1.165, 1.54) is 5.56 Å². The minimum Gasteiger partial charge on any atom is -1.00 e. The van der Waals surface area contributed by atoms with E-state index in [0.717, 1.165) is 0 Å². The lowest BCUT2D eigenvalue weighted by molar-refractivity contribution is -0.695. The highest BCUT2D eigenvalue weighted by molar-refractivity contribution is 6.32. The second-order valence-corrected chi connectivity index (χ2v) is 5.17. The summed E-state index contributed by atoms with van der Waals surface area (Å²) in [4.78, 5) is 11.9. The van der Waals surface area contributed by atoms with Gasteiger partial charge >= 0.3 is 0 Å². The molecule has 0 aliphatic rings. The van der Waals surface area contributed by atoms with Gasteiger partial charge in [-0.05, 0) is 30.7 Å². The molecule has 0 atom stereocenters. The zero-order valence-corrected chi connectivity index (χ0v) is 14.8. The van der Waals surface area contributed by atoms with Gasteiger partial charge in [-0.15, -0.1) is 0 Å². The van der Waals surface area contributed by atoms with Gasteiger partial charge in [0.25, 0.3) is 0 Å². The van der Waals surface area contributed by atoms with Crippen LogP contribution >= 0.6 is 11.6 Å². The number of ether oxygens (including phenoxy) is 1. The van der Waals surface area contributed by atoms with Crippen molar-refractivity contribution in [3.63, 3.8) is 0 Å². The lowest BCUT2D eigenvalue weighted by Crippen LogP contribution is -3.00. The molecule has 118 valence electrons. The molecule has 1 aromatic heterocycles. The molecule has 6 heteroatoms. The fourth-order valence-electron chi connectivity index (χ4n) is 1.88. The van der Waals surface area contributed by atoms with Crippen LogP contribution in [0.4, 0.5) is 5.69 Å². The van der Waals surface area contributed by atoms with Gasteiger partial charge < -0.3 is 27.0 Å². The maximum Gasteiger partial charge on any atom is 0.230 e. The second kappa shape index (κ2) is 8.76. The quantitative estimate of drug-likeness (QED) is 0.735. The van der Waals surface area contributed by atoms with E-state index >= 15 is 0 Å². The Morgan fingerprint density at radius 2 is 1.95 bits per heavy atom. The summed E-state index contributed by atoms with van der Waals surface area (Å²) in [5, 5.41) is 3.30. The molecule has 1 amide bonds. The molecule has 1 N–H and O–H groups in total. The SMILES string of the molecule is COc1ccc(NC(=O)CC[n+]2ccc(C)cc2)cc1Cl.[Br-]. The molecule has 0 saturated carbocycles. The van der Waals surface area contributed by atoms with Gasteiger partial charge in [0, 0.05) is 17.8 Å². The van der Waals surface area contributed by atoms with E-state index in [2.05, 4.69) is 5.32 Å². The molecule has 2 aromatic rings. The fourth-order valence-corrected chi connectivity index (χ4v) is 2.14. The van der Waals surface area contributed by atoms with Crippen LogP contribution in [0, 0.1) is 6.92 Å². The molecule has 0 aliphatic heterocycles. The zero-order chi connectivity index (χ0) is 15.2. The number of nitrogens with zero attached hydrogens (tertiary/aromatic N) is 1. The number of amides is 1. The molecule has 22 heavy (non-hydrogen) atoms. The number of halogens is 2. The third-order valence-corrected chi connectivity index (χ3v) is 3.39. The molecular weight excluding hydrogens is 368 g/mol. The van der Waals surface area contributed by atoms with Crippen LogP contribution in [0.15, 0.2) is 42.7 Å². The predicted octanol–water partition coefficient (Wildman–Crippen LogP) is -0.0227. The number of methoxy groups -OCH3 is 1. The highest BCUT2D eigenvalue weighted by Crippen LogP contribution is 2.27. The first-order chi connectivity index (χ1) is 10.1. The Labute approximate surface area is 145 Å². The van der Waals surface area contributed by atoms with Gasteiger partial charge in [0.15, 0.2) is 18.9 Å². The molecule has 0 saturated heterocycles. The number of rotatable bonds is 5. The van der Waals surface area contributed by atoms with Crippen molar-refractivity contribution in [2.45, 2.75) is 19.9 Å². The van der Waals surface area contributed by atoms with E-state index in [1.54, 1.807) is 25.3 Å². The molecule has 0 unspecified atom stereocenters. The van der Waals surface area contributed by atoms with Crippen molar-refractivity contribution in [1.82, 2.24) is 0 Å². The third kappa shape index (κ3) is 5.31. The lowest BCUT2D eigenvalue weighted by atomic mass is 10.2. The maximum atomic E-state index is 11.9. The third-order valence-electron chi connectivity index (χ3n) is 3.09. The predicted molar refractivity (Wildman–Crippen MR) is 82.6 cm³/mol. The second-order valence-electron chi connectivity index (χ2n) is 4.76. The van der Waals surface area contributed by atoms with Crippen LogP contribution in [-0.2, 0) is 11.3 Å². The number of carbonyl (C=O) groups excluding carboxylic acids is 1. The summed E-state index contributed by atoms with van der Waals surface area (Å²) in [6.45, 7) is 2.67. The average Bonchev–Trinajstić information content (AvgIpc) is 2.47. The Bertz CT molecular complexity index is 633.